The molecule has 1 atom stereocenters. The van der Waals surface area contributed by atoms with Crippen molar-refractivity contribution in [3.05, 3.63) is 0 Å². The van der Waals surface area contributed by atoms with Gasteiger partial charge in [-0.05, 0) is 26.6 Å². The summed E-state index contributed by atoms with van der Waals surface area (Å²) in [6.07, 6.45) is 0.650. The van der Waals surface area contributed by atoms with Crippen LogP contribution in [0.5, 0.6) is 0 Å². The number of hydrogen-bond donors (Lipinski definition) is 1. The van der Waals surface area contributed by atoms with Gasteiger partial charge in [-0.15, -0.1) is 0 Å². The summed E-state index contributed by atoms with van der Waals surface area (Å²) in [5, 5.41) is 0. The molecule has 0 aromatic heterocycles. The second-order valence-corrected chi connectivity index (χ2v) is 2.81. The van der Waals surface area contributed by atoms with Crippen molar-refractivity contribution in [3.63, 3.8) is 0 Å². The Kier molecular flexibility index (Phi) is 5.66. The summed E-state index contributed by atoms with van der Waals surface area (Å²) in [5.74, 6) is -0.334. The third-order valence-corrected chi connectivity index (χ3v) is 1.87. The topological polar surface area (TPSA) is 55.6 Å². The van der Waals surface area contributed by atoms with E-state index >= 15 is 0 Å². The molecule has 0 saturated heterocycles. The van der Waals surface area contributed by atoms with E-state index in [1.54, 1.807) is 0 Å². The number of nitrogens with two attached hydrogens (primary N) is 1. The highest BCUT2D eigenvalue weighted by Gasteiger charge is 2.13. The van der Waals surface area contributed by atoms with E-state index in [4.69, 9.17) is 5.73 Å². The summed E-state index contributed by atoms with van der Waals surface area (Å²) < 4.78 is 4.50. The van der Waals surface area contributed by atoms with E-state index < -0.39 is 6.04 Å². The van der Waals surface area contributed by atoms with Crippen molar-refractivity contribution in [3.8, 4) is 0 Å². The molecule has 4 nitrogen and oxygen atoms in total. The van der Waals surface area contributed by atoms with Crippen molar-refractivity contribution in [2.24, 2.45) is 5.73 Å². The van der Waals surface area contributed by atoms with E-state index in [1.807, 2.05) is 7.05 Å². The van der Waals surface area contributed by atoms with Crippen molar-refractivity contribution >= 4 is 5.97 Å². The van der Waals surface area contributed by atoms with E-state index in [2.05, 4.69) is 16.6 Å². The molecule has 0 aromatic rings. The van der Waals surface area contributed by atoms with Crippen molar-refractivity contribution in [1.29, 1.82) is 0 Å². The summed E-state index contributed by atoms with van der Waals surface area (Å²) in [5.41, 5.74) is 5.53. The summed E-state index contributed by atoms with van der Waals surface area (Å²) >= 11 is 0. The summed E-state index contributed by atoms with van der Waals surface area (Å²) in [4.78, 5) is 12.9. The minimum atomic E-state index is -0.482. The maximum absolute atomic E-state index is 10.8. The van der Waals surface area contributed by atoms with Crippen molar-refractivity contribution in [2.75, 3.05) is 27.2 Å². The quantitative estimate of drug-likeness (QED) is 0.588. The Balaban J connectivity index is 3.56. The predicted octanol–water partition coefficient (Wildman–Crippen LogP) is -0.171. The third-order valence-electron chi connectivity index (χ3n) is 1.87. The van der Waals surface area contributed by atoms with Crippen LogP contribution in [0.1, 0.15) is 13.3 Å². The lowest BCUT2D eigenvalue weighted by molar-refractivity contribution is -0.142. The zero-order chi connectivity index (χ0) is 9.56. The fraction of sp³-hybridized carbons (Fsp3) is 0.875. The Labute approximate surface area is 73.7 Å². The molecule has 0 heterocycles. The van der Waals surface area contributed by atoms with Gasteiger partial charge < -0.3 is 15.4 Å². The highest BCUT2D eigenvalue weighted by atomic mass is 16.5. The molecule has 0 rings (SSSR count). The van der Waals surface area contributed by atoms with Gasteiger partial charge in [-0.1, -0.05) is 6.92 Å². The van der Waals surface area contributed by atoms with Gasteiger partial charge in [-0.25, -0.2) is 0 Å². The van der Waals surface area contributed by atoms with E-state index in [0.717, 1.165) is 13.1 Å². The zero-order valence-corrected chi connectivity index (χ0v) is 8.04. The van der Waals surface area contributed by atoms with E-state index in [-0.39, 0.29) is 5.97 Å². The first-order chi connectivity index (χ1) is 5.61. The average molecular weight is 174 g/mol. The molecule has 0 aliphatic carbocycles. The van der Waals surface area contributed by atoms with Gasteiger partial charge >= 0.3 is 5.97 Å². The van der Waals surface area contributed by atoms with Gasteiger partial charge in [0.1, 0.15) is 6.04 Å². The number of methoxy groups -OCH3 is 1. The highest BCUT2D eigenvalue weighted by Crippen LogP contribution is 1.93. The number of esters is 1. The Morgan fingerprint density at radius 3 is 2.67 bits per heavy atom. The molecule has 0 spiro atoms. The molecule has 12 heavy (non-hydrogen) atoms. The van der Waals surface area contributed by atoms with Crippen LogP contribution in [0.15, 0.2) is 0 Å². The number of carbonyl (C=O) groups excluding carboxylic acids is 1. The first-order valence-corrected chi connectivity index (χ1v) is 4.13. The van der Waals surface area contributed by atoms with Crippen molar-refractivity contribution in [1.82, 2.24) is 4.90 Å². The lowest BCUT2D eigenvalue weighted by Gasteiger charge is -2.15. The lowest BCUT2D eigenvalue weighted by Crippen LogP contribution is -2.35. The van der Waals surface area contributed by atoms with Gasteiger partial charge in [0.25, 0.3) is 0 Å². The summed E-state index contributed by atoms with van der Waals surface area (Å²) in [7, 11) is 3.34. The molecule has 0 radical (unpaired) electrons. The lowest BCUT2D eigenvalue weighted by atomic mass is 10.2. The smallest absolute Gasteiger partial charge is 0.322 e. The molecule has 4 heteroatoms. The SMILES string of the molecule is CCN(C)CCC(N)C(=O)OC. The van der Waals surface area contributed by atoms with Crippen LogP contribution in [0.4, 0.5) is 0 Å². The highest BCUT2D eigenvalue weighted by molar-refractivity contribution is 5.75. The van der Waals surface area contributed by atoms with E-state index in [1.165, 1.54) is 7.11 Å². The van der Waals surface area contributed by atoms with Crippen LogP contribution in [0, 0.1) is 0 Å². The van der Waals surface area contributed by atoms with Crippen LogP contribution in [0.2, 0.25) is 0 Å². The molecule has 1 unspecified atom stereocenters. The maximum Gasteiger partial charge on any atom is 0.322 e. The molecule has 0 amide bonds. The van der Waals surface area contributed by atoms with Gasteiger partial charge in [-0.3, -0.25) is 4.79 Å². The first kappa shape index (κ1) is 11.4. The minimum absolute atomic E-state index is 0.334. The minimum Gasteiger partial charge on any atom is -0.468 e. The molecular weight excluding hydrogens is 156 g/mol. The van der Waals surface area contributed by atoms with Crippen molar-refractivity contribution < 1.29 is 9.53 Å². The van der Waals surface area contributed by atoms with Crippen molar-refractivity contribution in [2.45, 2.75) is 19.4 Å². The van der Waals surface area contributed by atoms with Gasteiger partial charge in [0.15, 0.2) is 0 Å². The van der Waals surface area contributed by atoms with Gasteiger partial charge in [0.05, 0.1) is 7.11 Å². The summed E-state index contributed by atoms with van der Waals surface area (Å²) in [6.45, 7) is 3.85. The molecule has 72 valence electrons. The third kappa shape index (κ3) is 4.31. The number of rotatable bonds is 5. The molecule has 0 aliphatic heterocycles. The second kappa shape index (κ2) is 5.97. The van der Waals surface area contributed by atoms with Crippen LogP contribution in [-0.4, -0.2) is 44.2 Å². The second-order valence-electron chi connectivity index (χ2n) is 2.81. The Morgan fingerprint density at radius 2 is 2.25 bits per heavy atom. The van der Waals surface area contributed by atoms with Crippen LogP contribution in [0.3, 0.4) is 0 Å². The fourth-order valence-electron chi connectivity index (χ4n) is 0.787. The molecular formula is C8H18N2O2. The standard InChI is InChI=1S/C8H18N2O2/c1-4-10(2)6-5-7(9)8(11)12-3/h7H,4-6,9H2,1-3H3. The number of nitrogens with zero attached hydrogens (tertiary/aromatic N) is 1. The monoisotopic (exact) mass is 174 g/mol. The largest absolute Gasteiger partial charge is 0.468 e. The molecule has 0 aromatic carbocycles. The number of ether oxygens (including phenoxy) is 1. The van der Waals surface area contributed by atoms with Crippen LogP contribution >= 0.6 is 0 Å². The Bertz CT molecular complexity index is 139. The van der Waals surface area contributed by atoms with Crippen LogP contribution in [-0.2, 0) is 9.53 Å². The van der Waals surface area contributed by atoms with Gasteiger partial charge in [-0.2, -0.15) is 0 Å². The Hall–Kier alpha value is -0.610. The van der Waals surface area contributed by atoms with Gasteiger partial charge in [0, 0.05) is 0 Å². The normalized spacial score (nSPS) is 13.1. The fourth-order valence-corrected chi connectivity index (χ4v) is 0.787. The predicted molar refractivity (Wildman–Crippen MR) is 47.8 cm³/mol. The van der Waals surface area contributed by atoms with Crippen LogP contribution < -0.4 is 5.73 Å². The summed E-state index contributed by atoms with van der Waals surface area (Å²) in [6, 6.07) is -0.482. The average Bonchev–Trinajstić information content (AvgIpc) is 2.11. The number of carbonyl (C=O) groups is 1. The molecule has 2 N–H and O–H groups in total. The maximum atomic E-state index is 10.8. The van der Waals surface area contributed by atoms with E-state index in [9.17, 15) is 4.79 Å². The first-order valence-electron chi connectivity index (χ1n) is 4.13. The molecule has 0 fully saturated rings. The zero-order valence-electron chi connectivity index (χ0n) is 8.04. The van der Waals surface area contributed by atoms with E-state index in [0.29, 0.717) is 6.42 Å². The number of hydrogen-bond acceptors (Lipinski definition) is 4. The molecule has 0 saturated carbocycles. The molecule has 0 bridgehead atoms. The van der Waals surface area contributed by atoms with Gasteiger partial charge in [0.2, 0.25) is 0 Å². The van der Waals surface area contributed by atoms with Crippen LogP contribution in [0.25, 0.3) is 0 Å². The molecule has 0 aliphatic rings. The Morgan fingerprint density at radius 1 is 1.67 bits per heavy atom.